The molecule has 1 aromatic heterocycles. The Hall–Kier alpha value is -3.90. The lowest BCUT2D eigenvalue weighted by molar-refractivity contribution is -0.152. The Balaban J connectivity index is 0.000000403. The number of aliphatic hydroxyl groups is 2. The molecule has 39 heavy (non-hydrogen) atoms. The Morgan fingerprint density at radius 2 is 1.77 bits per heavy atom. The SMILES string of the molecule is CCOc1cc2c(cc1OC)C(c1ccc(OC)nc1OC)=N[C@@H]1CC[C@@H](O)C[C@H]21.O=C(O)C[C@H](O)C(=O)O. The molecule has 0 amide bonds. The summed E-state index contributed by atoms with van der Waals surface area (Å²) in [6, 6.07) is 7.84. The van der Waals surface area contributed by atoms with Crippen molar-refractivity contribution in [3.63, 3.8) is 0 Å². The van der Waals surface area contributed by atoms with Crippen molar-refractivity contribution in [2.24, 2.45) is 4.99 Å². The Kier molecular flexibility index (Phi) is 10.1. The normalized spacial score (nSPS) is 20.2. The zero-order valence-corrected chi connectivity index (χ0v) is 22.3. The van der Waals surface area contributed by atoms with Gasteiger partial charge in [-0.3, -0.25) is 9.79 Å². The van der Waals surface area contributed by atoms with Crippen LogP contribution in [0.4, 0.5) is 0 Å². The number of carbonyl (C=O) groups is 2. The van der Waals surface area contributed by atoms with Gasteiger partial charge in [0, 0.05) is 17.5 Å². The molecule has 1 fully saturated rings. The van der Waals surface area contributed by atoms with Crippen LogP contribution in [-0.4, -0.2) is 89.2 Å². The van der Waals surface area contributed by atoms with Gasteiger partial charge in [0.15, 0.2) is 17.6 Å². The molecule has 4 N–H and O–H groups in total. The fourth-order valence-electron chi connectivity index (χ4n) is 4.71. The number of nitrogens with zero attached hydrogens (tertiary/aromatic N) is 2. The van der Waals surface area contributed by atoms with Crippen molar-refractivity contribution >= 4 is 17.7 Å². The number of carboxylic acid groups (broad SMARTS) is 2. The fourth-order valence-corrected chi connectivity index (χ4v) is 4.71. The number of aliphatic hydroxyl groups excluding tert-OH is 2. The van der Waals surface area contributed by atoms with Crippen LogP contribution in [-0.2, 0) is 9.59 Å². The topological polar surface area (TPSA) is 177 Å². The van der Waals surface area contributed by atoms with E-state index in [1.165, 1.54) is 0 Å². The van der Waals surface area contributed by atoms with Crippen molar-refractivity contribution in [2.75, 3.05) is 27.9 Å². The Morgan fingerprint density at radius 3 is 2.33 bits per heavy atom. The average Bonchev–Trinajstić information content (AvgIpc) is 2.92. The number of methoxy groups -OCH3 is 3. The predicted octanol–water partition coefficient (Wildman–Crippen LogP) is 2.26. The standard InChI is InChI=1S/C23H28N2O5.C4H6O5/c1-5-30-20-11-15-16-10-13(26)6-8-18(16)24-22(17(15)12-19(20)27-2)14-7-9-21(28-3)25-23(14)29-4;5-2(4(8)9)1-3(6)7/h7,9,11-13,16,18,26H,5-6,8,10H2,1-4H3;2,5H,1H2,(H,6,7)(H,8,9)/t13-,16-,18-;2-/m10/s1. The smallest absolute Gasteiger partial charge is 0.333 e. The van der Waals surface area contributed by atoms with Crippen LogP contribution in [0, 0.1) is 0 Å². The largest absolute Gasteiger partial charge is 0.493 e. The molecule has 0 bridgehead atoms. The molecule has 2 aliphatic rings. The summed E-state index contributed by atoms with van der Waals surface area (Å²) < 4.78 is 22.2. The second-order valence-corrected chi connectivity index (χ2v) is 9.00. The molecule has 212 valence electrons. The monoisotopic (exact) mass is 546 g/mol. The van der Waals surface area contributed by atoms with E-state index in [9.17, 15) is 14.7 Å². The zero-order valence-electron chi connectivity index (χ0n) is 22.3. The van der Waals surface area contributed by atoms with Gasteiger partial charge in [0.2, 0.25) is 11.8 Å². The molecule has 0 unspecified atom stereocenters. The van der Waals surface area contributed by atoms with Gasteiger partial charge < -0.3 is 39.4 Å². The third-order valence-corrected chi connectivity index (χ3v) is 6.52. The molecule has 1 aliphatic carbocycles. The van der Waals surface area contributed by atoms with Crippen LogP contribution in [0.1, 0.15) is 55.2 Å². The molecule has 1 aliphatic heterocycles. The molecule has 12 nitrogen and oxygen atoms in total. The van der Waals surface area contributed by atoms with E-state index in [2.05, 4.69) is 4.98 Å². The van der Waals surface area contributed by atoms with Gasteiger partial charge in [0.05, 0.1) is 57.8 Å². The minimum atomic E-state index is -1.79. The predicted molar refractivity (Wildman–Crippen MR) is 139 cm³/mol. The lowest BCUT2D eigenvalue weighted by Crippen LogP contribution is -2.34. The van der Waals surface area contributed by atoms with E-state index in [0.717, 1.165) is 35.2 Å². The number of rotatable bonds is 9. The van der Waals surface area contributed by atoms with E-state index < -0.39 is 24.5 Å². The van der Waals surface area contributed by atoms with Crippen molar-refractivity contribution in [3.05, 3.63) is 41.0 Å². The van der Waals surface area contributed by atoms with E-state index in [1.54, 1.807) is 21.3 Å². The minimum absolute atomic E-state index is 0.0885. The first-order valence-electron chi connectivity index (χ1n) is 12.5. The van der Waals surface area contributed by atoms with E-state index in [1.807, 2.05) is 31.2 Å². The Labute approximate surface area is 225 Å². The van der Waals surface area contributed by atoms with Gasteiger partial charge >= 0.3 is 11.9 Å². The van der Waals surface area contributed by atoms with Gasteiger partial charge in [-0.1, -0.05) is 0 Å². The maximum Gasteiger partial charge on any atom is 0.333 e. The van der Waals surface area contributed by atoms with Gasteiger partial charge in [-0.05, 0) is 49.9 Å². The van der Waals surface area contributed by atoms with Crippen LogP contribution in [0.2, 0.25) is 0 Å². The summed E-state index contributed by atoms with van der Waals surface area (Å²) in [6.45, 7) is 2.50. The van der Waals surface area contributed by atoms with Gasteiger partial charge in [-0.2, -0.15) is 4.98 Å². The van der Waals surface area contributed by atoms with Gasteiger partial charge in [0.25, 0.3) is 0 Å². The highest BCUT2D eigenvalue weighted by atomic mass is 16.5. The fraction of sp³-hybridized carbons (Fsp3) is 0.481. The number of hydrogen-bond acceptors (Lipinski definition) is 10. The number of aliphatic carboxylic acids is 2. The van der Waals surface area contributed by atoms with E-state index in [0.29, 0.717) is 36.3 Å². The van der Waals surface area contributed by atoms with E-state index in [-0.39, 0.29) is 18.1 Å². The minimum Gasteiger partial charge on any atom is -0.493 e. The molecule has 2 aromatic rings. The highest BCUT2D eigenvalue weighted by Gasteiger charge is 2.38. The van der Waals surface area contributed by atoms with Crippen molar-refractivity contribution in [1.29, 1.82) is 0 Å². The van der Waals surface area contributed by atoms with Crippen molar-refractivity contribution < 1.29 is 49.0 Å². The number of carboxylic acids is 2. The first-order valence-corrected chi connectivity index (χ1v) is 12.5. The molecular weight excluding hydrogens is 512 g/mol. The molecule has 4 atom stereocenters. The molecular formula is C27H34N2O10. The third kappa shape index (κ3) is 6.95. The maximum absolute atomic E-state index is 10.3. The zero-order chi connectivity index (χ0) is 28.7. The molecule has 1 saturated carbocycles. The summed E-state index contributed by atoms with van der Waals surface area (Å²) in [5, 5.41) is 34.5. The number of fused-ring (bicyclic) bond motifs is 3. The lowest BCUT2D eigenvalue weighted by atomic mass is 9.74. The molecule has 4 rings (SSSR count). The van der Waals surface area contributed by atoms with Crippen LogP contribution in [0.5, 0.6) is 23.3 Å². The number of aliphatic imine (C=N–C) groups is 1. The molecule has 0 spiro atoms. The summed E-state index contributed by atoms with van der Waals surface area (Å²) in [7, 11) is 4.80. The Morgan fingerprint density at radius 1 is 1.03 bits per heavy atom. The first kappa shape index (κ1) is 29.7. The van der Waals surface area contributed by atoms with Crippen molar-refractivity contribution in [2.45, 2.75) is 56.8 Å². The summed E-state index contributed by atoms with van der Waals surface area (Å²) in [6.07, 6.45) is -0.594. The van der Waals surface area contributed by atoms with Crippen LogP contribution < -0.4 is 18.9 Å². The second-order valence-electron chi connectivity index (χ2n) is 9.00. The third-order valence-electron chi connectivity index (χ3n) is 6.52. The number of ether oxygens (including phenoxy) is 4. The lowest BCUT2D eigenvalue weighted by Gasteiger charge is -2.37. The van der Waals surface area contributed by atoms with Gasteiger partial charge in [0.1, 0.15) is 0 Å². The molecule has 0 radical (unpaired) electrons. The summed E-state index contributed by atoms with van der Waals surface area (Å²) >= 11 is 0. The summed E-state index contributed by atoms with van der Waals surface area (Å²) in [5.41, 5.74) is 3.69. The number of aromatic nitrogens is 1. The molecule has 12 heteroatoms. The van der Waals surface area contributed by atoms with Crippen LogP contribution in [0.25, 0.3) is 0 Å². The van der Waals surface area contributed by atoms with Crippen molar-refractivity contribution in [1.82, 2.24) is 4.98 Å². The van der Waals surface area contributed by atoms with Crippen LogP contribution in [0.15, 0.2) is 29.3 Å². The van der Waals surface area contributed by atoms with Crippen LogP contribution in [0.3, 0.4) is 0 Å². The number of benzene rings is 1. The van der Waals surface area contributed by atoms with E-state index in [4.69, 9.17) is 39.3 Å². The summed E-state index contributed by atoms with van der Waals surface area (Å²) in [4.78, 5) is 29.0. The number of pyridine rings is 1. The number of hydrogen-bond donors (Lipinski definition) is 4. The molecule has 0 saturated heterocycles. The van der Waals surface area contributed by atoms with E-state index >= 15 is 0 Å². The van der Waals surface area contributed by atoms with Gasteiger partial charge in [-0.15, -0.1) is 0 Å². The molecule has 2 heterocycles. The average molecular weight is 547 g/mol. The highest BCUT2D eigenvalue weighted by molar-refractivity contribution is 6.16. The molecule has 1 aromatic carbocycles. The second kappa shape index (κ2) is 13.3. The van der Waals surface area contributed by atoms with Gasteiger partial charge in [-0.25, -0.2) is 4.79 Å². The quantitative estimate of drug-likeness (QED) is 0.363. The van der Waals surface area contributed by atoms with Crippen LogP contribution >= 0.6 is 0 Å². The van der Waals surface area contributed by atoms with Crippen molar-refractivity contribution in [3.8, 4) is 23.3 Å². The Bertz CT molecular complexity index is 1220. The first-order chi connectivity index (χ1) is 18.6. The highest BCUT2D eigenvalue weighted by Crippen LogP contribution is 2.45. The summed E-state index contributed by atoms with van der Waals surface area (Å²) in [5.74, 6) is -0.411. The maximum atomic E-state index is 10.3.